The highest BCUT2D eigenvalue weighted by Gasteiger charge is 2.18. The van der Waals surface area contributed by atoms with E-state index in [1.54, 1.807) is 6.08 Å². The van der Waals surface area contributed by atoms with Gasteiger partial charge in [0, 0.05) is 13.1 Å². The third-order valence-corrected chi connectivity index (χ3v) is 3.25. The van der Waals surface area contributed by atoms with Crippen LogP contribution in [0.2, 0.25) is 0 Å². The molecule has 0 bridgehead atoms. The van der Waals surface area contributed by atoms with Crippen LogP contribution in [-0.4, -0.2) is 24.2 Å². The van der Waals surface area contributed by atoms with Crippen molar-refractivity contribution in [3.63, 3.8) is 0 Å². The van der Waals surface area contributed by atoms with E-state index in [1.165, 1.54) is 12.1 Å². The Kier molecular flexibility index (Phi) is 5.34. The number of halogens is 2. The normalized spacial score (nSPS) is 10.2. The number of carboxylic acid groups (broad SMARTS) is 1. The molecule has 0 heterocycles. The molecular formula is C13H15BrFNO2. The van der Waals surface area contributed by atoms with Gasteiger partial charge in [-0.25, -0.2) is 9.18 Å². The van der Waals surface area contributed by atoms with Crippen LogP contribution in [0.25, 0.3) is 0 Å². The Hall–Kier alpha value is -1.36. The maximum atomic E-state index is 14.1. The fourth-order valence-electron chi connectivity index (χ4n) is 1.68. The van der Waals surface area contributed by atoms with Crippen molar-refractivity contribution >= 4 is 27.6 Å². The molecule has 5 heteroatoms. The van der Waals surface area contributed by atoms with Crippen molar-refractivity contribution < 1.29 is 14.3 Å². The second-order valence-corrected chi connectivity index (χ2v) is 4.59. The summed E-state index contributed by atoms with van der Waals surface area (Å²) in [5.74, 6) is -1.71. The highest BCUT2D eigenvalue weighted by atomic mass is 79.9. The molecule has 0 aliphatic carbocycles. The molecule has 98 valence electrons. The lowest BCUT2D eigenvalue weighted by Crippen LogP contribution is -2.25. The van der Waals surface area contributed by atoms with Crippen LogP contribution >= 0.6 is 15.9 Å². The minimum absolute atomic E-state index is 0.0161. The molecule has 1 rings (SSSR count). The van der Waals surface area contributed by atoms with E-state index in [-0.39, 0.29) is 10.0 Å². The van der Waals surface area contributed by atoms with Crippen molar-refractivity contribution in [3.05, 3.63) is 40.6 Å². The molecule has 18 heavy (non-hydrogen) atoms. The van der Waals surface area contributed by atoms with E-state index in [0.717, 1.165) is 6.42 Å². The van der Waals surface area contributed by atoms with Gasteiger partial charge in [0.15, 0.2) is 5.82 Å². The molecule has 0 aliphatic heterocycles. The van der Waals surface area contributed by atoms with Crippen LogP contribution in [0.4, 0.5) is 10.1 Å². The van der Waals surface area contributed by atoms with Crippen molar-refractivity contribution in [1.29, 1.82) is 0 Å². The van der Waals surface area contributed by atoms with Crippen LogP contribution < -0.4 is 4.90 Å². The second kappa shape index (κ2) is 6.54. The van der Waals surface area contributed by atoms with Gasteiger partial charge in [-0.2, -0.15) is 0 Å². The third-order valence-electron chi connectivity index (χ3n) is 2.48. The number of hydrogen-bond acceptors (Lipinski definition) is 2. The van der Waals surface area contributed by atoms with E-state index in [4.69, 9.17) is 5.11 Å². The monoisotopic (exact) mass is 315 g/mol. The quantitative estimate of drug-likeness (QED) is 0.814. The summed E-state index contributed by atoms with van der Waals surface area (Å²) in [7, 11) is 0. The highest BCUT2D eigenvalue weighted by Crippen LogP contribution is 2.29. The summed E-state index contributed by atoms with van der Waals surface area (Å²) < 4.78 is 14.1. The van der Waals surface area contributed by atoms with Gasteiger partial charge in [0.25, 0.3) is 0 Å². The number of nitrogens with zero attached hydrogens (tertiary/aromatic N) is 1. The van der Waals surface area contributed by atoms with Gasteiger partial charge in [0.2, 0.25) is 0 Å². The first-order valence-corrected chi connectivity index (χ1v) is 6.39. The fraction of sp³-hybridized carbons (Fsp3) is 0.308. The van der Waals surface area contributed by atoms with E-state index < -0.39 is 11.8 Å². The number of rotatable bonds is 6. The highest BCUT2D eigenvalue weighted by molar-refractivity contribution is 9.10. The lowest BCUT2D eigenvalue weighted by atomic mass is 10.1. The molecule has 0 atom stereocenters. The topological polar surface area (TPSA) is 40.5 Å². The van der Waals surface area contributed by atoms with Crippen LogP contribution in [0.5, 0.6) is 0 Å². The largest absolute Gasteiger partial charge is 0.478 e. The Balaban J connectivity index is 3.20. The first kappa shape index (κ1) is 14.7. The molecule has 0 radical (unpaired) electrons. The molecule has 0 aliphatic rings. The summed E-state index contributed by atoms with van der Waals surface area (Å²) in [4.78, 5) is 12.7. The molecule has 0 fully saturated rings. The lowest BCUT2D eigenvalue weighted by Gasteiger charge is -2.24. The number of hydrogen-bond donors (Lipinski definition) is 1. The van der Waals surface area contributed by atoms with E-state index in [0.29, 0.717) is 18.8 Å². The molecule has 1 aromatic rings. The zero-order valence-electron chi connectivity index (χ0n) is 10.1. The number of benzene rings is 1. The molecule has 1 aromatic carbocycles. The molecule has 0 amide bonds. The van der Waals surface area contributed by atoms with Crippen LogP contribution in [0.15, 0.2) is 29.3 Å². The summed E-state index contributed by atoms with van der Waals surface area (Å²) in [6.45, 7) is 6.83. The van der Waals surface area contributed by atoms with Gasteiger partial charge in [-0.1, -0.05) is 13.0 Å². The van der Waals surface area contributed by atoms with Crippen molar-refractivity contribution in [1.82, 2.24) is 0 Å². The van der Waals surface area contributed by atoms with E-state index >= 15 is 0 Å². The second-order valence-electron chi connectivity index (χ2n) is 3.80. The number of carboxylic acids is 1. The number of aromatic carboxylic acids is 1. The zero-order valence-corrected chi connectivity index (χ0v) is 11.7. The van der Waals surface area contributed by atoms with Gasteiger partial charge in [-0.15, -0.1) is 6.58 Å². The fourth-order valence-corrected chi connectivity index (χ4v) is 2.19. The molecule has 0 aromatic heterocycles. The number of anilines is 1. The Morgan fingerprint density at radius 3 is 2.78 bits per heavy atom. The Morgan fingerprint density at radius 2 is 2.28 bits per heavy atom. The van der Waals surface area contributed by atoms with Gasteiger partial charge in [0.1, 0.15) is 0 Å². The van der Waals surface area contributed by atoms with Gasteiger partial charge < -0.3 is 10.0 Å². The summed E-state index contributed by atoms with van der Waals surface area (Å²) >= 11 is 2.99. The molecule has 1 N–H and O–H groups in total. The first-order chi connectivity index (χ1) is 8.52. The SMILES string of the molecule is C=CCN(CCC)c1ccc(C(=O)O)c(Br)c1F. The summed E-state index contributed by atoms with van der Waals surface area (Å²) in [6.07, 6.45) is 2.56. The summed E-state index contributed by atoms with van der Waals surface area (Å²) in [5.41, 5.74) is 0.305. The Bertz CT molecular complexity index is 463. The van der Waals surface area contributed by atoms with Gasteiger partial charge in [-0.05, 0) is 34.5 Å². The third kappa shape index (κ3) is 3.10. The molecule has 0 unspecified atom stereocenters. The van der Waals surface area contributed by atoms with E-state index in [9.17, 15) is 9.18 Å². The van der Waals surface area contributed by atoms with Crippen LogP contribution in [0, 0.1) is 5.82 Å². The van der Waals surface area contributed by atoms with Crippen molar-refractivity contribution in [2.75, 3.05) is 18.0 Å². The molecule has 3 nitrogen and oxygen atoms in total. The van der Waals surface area contributed by atoms with E-state index in [2.05, 4.69) is 22.5 Å². The van der Waals surface area contributed by atoms with Crippen molar-refractivity contribution in [2.45, 2.75) is 13.3 Å². The summed E-state index contributed by atoms with van der Waals surface area (Å²) in [6, 6.07) is 2.89. The molecule has 0 spiro atoms. The minimum atomic E-state index is -1.15. The van der Waals surface area contributed by atoms with Gasteiger partial charge in [-0.3, -0.25) is 0 Å². The first-order valence-electron chi connectivity index (χ1n) is 5.60. The average molecular weight is 316 g/mol. The molecule has 0 saturated heterocycles. The minimum Gasteiger partial charge on any atom is -0.478 e. The van der Waals surface area contributed by atoms with Crippen molar-refractivity contribution in [3.8, 4) is 0 Å². The molecular weight excluding hydrogens is 301 g/mol. The maximum Gasteiger partial charge on any atom is 0.336 e. The smallest absolute Gasteiger partial charge is 0.336 e. The predicted molar refractivity (Wildman–Crippen MR) is 73.8 cm³/mol. The average Bonchev–Trinajstić information content (AvgIpc) is 2.32. The van der Waals surface area contributed by atoms with E-state index in [1.807, 2.05) is 11.8 Å². The van der Waals surface area contributed by atoms with Crippen molar-refractivity contribution in [2.24, 2.45) is 0 Å². The molecule has 0 saturated carbocycles. The van der Waals surface area contributed by atoms with Crippen LogP contribution in [0.1, 0.15) is 23.7 Å². The standard InChI is InChI=1S/C13H15BrFNO2/c1-3-7-16(8-4-2)10-6-5-9(13(17)18)11(14)12(10)15/h3,5-6H,1,4,7-8H2,2H3,(H,17,18). The Morgan fingerprint density at radius 1 is 1.61 bits per heavy atom. The predicted octanol–water partition coefficient (Wildman–Crippen LogP) is 3.69. The van der Waals surface area contributed by atoms with Gasteiger partial charge >= 0.3 is 5.97 Å². The summed E-state index contributed by atoms with van der Waals surface area (Å²) in [5, 5.41) is 8.90. The van der Waals surface area contributed by atoms with Gasteiger partial charge in [0.05, 0.1) is 15.7 Å². The van der Waals surface area contributed by atoms with Crippen LogP contribution in [0.3, 0.4) is 0 Å². The Labute approximate surface area is 114 Å². The number of carbonyl (C=O) groups is 1. The van der Waals surface area contributed by atoms with Crippen LogP contribution in [-0.2, 0) is 0 Å². The zero-order chi connectivity index (χ0) is 13.7. The lowest BCUT2D eigenvalue weighted by molar-refractivity contribution is 0.0695. The maximum absolute atomic E-state index is 14.1.